The molecule has 4 nitrogen and oxygen atoms in total. The van der Waals surface area contributed by atoms with E-state index >= 15 is 0 Å². The van der Waals surface area contributed by atoms with Crippen molar-refractivity contribution in [2.75, 3.05) is 5.32 Å². The molecule has 9 heteroatoms. The third kappa shape index (κ3) is 4.66. The van der Waals surface area contributed by atoms with Crippen molar-refractivity contribution in [1.82, 2.24) is 5.32 Å². The van der Waals surface area contributed by atoms with E-state index in [1.54, 1.807) is 31.2 Å². The van der Waals surface area contributed by atoms with E-state index in [9.17, 15) is 22.8 Å². The highest BCUT2D eigenvalue weighted by atomic mass is 35.5. The number of halogens is 5. The topological polar surface area (TPSA) is 58.2 Å². The molecule has 0 unspecified atom stereocenters. The summed E-state index contributed by atoms with van der Waals surface area (Å²) in [5, 5.41) is 6.08. The minimum absolute atomic E-state index is 0.0358. The molecule has 0 bridgehead atoms. The fourth-order valence-electron chi connectivity index (χ4n) is 4.29. The van der Waals surface area contributed by atoms with Crippen LogP contribution < -0.4 is 10.6 Å². The zero-order valence-electron chi connectivity index (χ0n) is 17.4. The molecule has 0 spiro atoms. The van der Waals surface area contributed by atoms with E-state index in [-0.39, 0.29) is 22.1 Å². The van der Waals surface area contributed by atoms with Crippen LogP contribution in [-0.4, -0.2) is 11.7 Å². The SMILES string of the molecule is CC1=C(C(=O)Nc2cc(C(F)(F)F)ccc2Cl)[C@H](c2cccc(Cl)c2)C2=C(CCCC2=O)N1. The van der Waals surface area contributed by atoms with Gasteiger partial charge in [0.25, 0.3) is 5.91 Å². The fraction of sp³-hybridized carbons (Fsp3) is 0.250. The third-order valence-electron chi connectivity index (χ3n) is 5.74. The van der Waals surface area contributed by atoms with Crippen molar-refractivity contribution in [3.05, 3.63) is 86.2 Å². The lowest BCUT2D eigenvalue weighted by Gasteiger charge is -2.34. The summed E-state index contributed by atoms with van der Waals surface area (Å²) in [6, 6.07) is 9.58. The monoisotopic (exact) mass is 494 g/mol. The van der Waals surface area contributed by atoms with Crippen molar-refractivity contribution in [2.45, 2.75) is 38.3 Å². The maximum Gasteiger partial charge on any atom is 0.416 e. The molecule has 4 rings (SSSR count). The van der Waals surface area contributed by atoms with Crippen LogP contribution in [0.25, 0.3) is 0 Å². The zero-order chi connectivity index (χ0) is 23.9. The highest BCUT2D eigenvalue weighted by Gasteiger charge is 2.39. The standard InChI is InChI=1S/C24H19Cl2F3N2O2/c1-12-20(23(33)31-18-11-14(24(27,28)29)8-9-16(18)26)21(13-4-2-5-15(25)10-13)22-17(30-12)6-3-7-19(22)32/h2,4-5,8-11,21,30H,3,6-7H2,1H3,(H,31,33)/t21-/m0/s1. The number of allylic oxidation sites excluding steroid dienone is 3. The number of Topliss-reactive ketones (excluding diaryl/α,β-unsaturated/α-hetero) is 1. The lowest BCUT2D eigenvalue weighted by Crippen LogP contribution is -2.35. The molecule has 1 aliphatic carbocycles. The normalized spacial score (nSPS) is 18.7. The predicted molar refractivity (Wildman–Crippen MR) is 121 cm³/mol. The average molecular weight is 495 g/mol. The van der Waals surface area contributed by atoms with Gasteiger partial charge >= 0.3 is 6.18 Å². The Balaban J connectivity index is 1.78. The molecule has 0 saturated heterocycles. The van der Waals surface area contributed by atoms with Crippen LogP contribution in [-0.2, 0) is 15.8 Å². The molecule has 2 aromatic rings. The largest absolute Gasteiger partial charge is 0.416 e. The molecule has 1 heterocycles. The Morgan fingerprint density at radius 3 is 2.58 bits per heavy atom. The van der Waals surface area contributed by atoms with Crippen LogP contribution in [0.3, 0.4) is 0 Å². The summed E-state index contributed by atoms with van der Waals surface area (Å²) in [4.78, 5) is 26.3. The highest BCUT2D eigenvalue weighted by Crippen LogP contribution is 2.43. The van der Waals surface area contributed by atoms with Crippen LogP contribution in [0.1, 0.15) is 43.2 Å². The van der Waals surface area contributed by atoms with E-state index in [0.29, 0.717) is 41.1 Å². The molecule has 172 valence electrons. The van der Waals surface area contributed by atoms with Gasteiger partial charge in [0.15, 0.2) is 5.78 Å². The lowest BCUT2D eigenvalue weighted by molar-refractivity contribution is -0.137. The van der Waals surface area contributed by atoms with Crippen molar-refractivity contribution in [3.63, 3.8) is 0 Å². The van der Waals surface area contributed by atoms with Gasteiger partial charge in [-0.3, -0.25) is 9.59 Å². The van der Waals surface area contributed by atoms with Crippen molar-refractivity contribution in [1.29, 1.82) is 0 Å². The van der Waals surface area contributed by atoms with Gasteiger partial charge in [-0.25, -0.2) is 0 Å². The van der Waals surface area contributed by atoms with Gasteiger partial charge in [-0.05, 0) is 55.7 Å². The molecular formula is C24H19Cl2F3N2O2. The van der Waals surface area contributed by atoms with E-state index in [1.165, 1.54) is 0 Å². The van der Waals surface area contributed by atoms with Crippen molar-refractivity contribution >= 4 is 40.6 Å². The van der Waals surface area contributed by atoms with Crippen LogP contribution in [0, 0.1) is 0 Å². The summed E-state index contributed by atoms with van der Waals surface area (Å²) in [6.07, 6.45) is -2.89. The third-order valence-corrected chi connectivity index (χ3v) is 6.31. The molecule has 2 aliphatic rings. The van der Waals surface area contributed by atoms with Crippen LogP contribution in [0.2, 0.25) is 10.0 Å². The summed E-state index contributed by atoms with van der Waals surface area (Å²) in [7, 11) is 0. The van der Waals surface area contributed by atoms with Gasteiger partial charge in [-0.2, -0.15) is 13.2 Å². The summed E-state index contributed by atoms with van der Waals surface area (Å²) in [6.45, 7) is 1.70. The van der Waals surface area contributed by atoms with E-state index in [4.69, 9.17) is 23.2 Å². The fourth-order valence-corrected chi connectivity index (χ4v) is 4.65. The molecule has 1 aliphatic heterocycles. The Bertz CT molecular complexity index is 1220. The molecule has 33 heavy (non-hydrogen) atoms. The number of anilines is 1. The number of carbonyl (C=O) groups excluding carboxylic acids is 2. The maximum absolute atomic E-state index is 13.4. The molecule has 0 aromatic heterocycles. The van der Waals surface area contributed by atoms with Gasteiger partial charge in [0.05, 0.1) is 16.3 Å². The van der Waals surface area contributed by atoms with Crippen LogP contribution in [0.15, 0.2) is 65.0 Å². The number of amides is 1. The van der Waals surface area contributed by atoms with Gasteiger partial charge in [0.2, 0.25) is 0 Å². The molecule has 0 saturated carbocycles. The first kappa shape index (κ1) is 23.4. The van der Waals surface area contributed by atoms with Crippen molar-refractivity contribution in [3.8, 4) is 0 Å². The van der Waals surface area contributed by atoms with E-state index < -0.39 is 23.6 Å². The summed E-state index contributed by atoms with van der Waals surface area (Å²) in [5.41, 5.74) is 1.50. The quantitative estimate of drug-likeness (QED) is 0.504. The van der Waals surface area contributed by atoms with E-state index in [0.717, 1.165) is 23.9 Å². The van der Waals surface area contributed by atoms with Gasteiger partial charge in [0, 0.05) is 39.9 Å². The molecule has 0 radical (unpaired) electrons. The Morgan fingerprint density at radius 2 is 1.88 bits per heavy atom. The number of benzene rings is 2. The second-order valence-corrected chi connectivity index (χ2v) is 8.81. The lowest BCUT2D eigenvalue weighted by atomic mass is 9.75. The van der Waals surface area contributed by atoms with Crippen molar-refractivity contribution < 1.29 is 22.8 Å². The molecule has 2 aromatic carbocycles. The Morgan fingerprint density at radius 1 is 1.12 bits per heavy atom. The second kappa shape index (κ2) is 8.88. The smallest absolute Gasteiger partial charge is 0.362 e. The van der Waals surface area contributed by atoms with E-state index in [1.807, 2.05) is 0 Å². The van der Waals surface area contributed by atoms with Gasteiger partial charge < -0.3 is 10.6 Å². The zero-order valence-corrected chi connectivity index (χ0v) is 19.0. The predicted octanol–water partition coefficient (Wildman–Crippen LogP) is 6.62. The molecule has 1 atom stereocenters. The number of dihydropyridines is 1. The summed E-state index contributed by atoms with van der Waals surface area (Å²) >= 11 is 12.3. The molecular weight excluding hydrogens is 476 g/mol. The van der Waals surface area contributed by atoms with Gasteiger partial charge in [-0.1, -0.05) is 35.3 Å². The number of rotatable bonds is 3. The number of carbonyl (C=O) groups is 2. The number of nitrogens with one attached hydrogen (secondary N) is 2. The molecule has 2 N–H and O–H groups in total. The number of alkyl halides is 3. The number of hydrogen-bond donors (Lipinski definition) is 2. The number of hydrogen-bond acceptors (Lipinski definition) is 3. The average Bonchev–Trinajstić information content (AvgIpc) is 2.73. The van der Waals surface area contributed by atoms with Crippen LogP contribution >= 0.6 is 23.2 Å². The highest BCUT2D eigenvalue weighted by molar-refractivity contribution is 6.34. The van der Waals surface area contributed by atoms with Gasteiger partial charge in [-0.15, -0.1) is 0 Å². The summed E-state index contributed by atoms with van der Waals surface area (Å²) in [5.74, 6) is -1.45. The Labute approximate surface area is 198 Å². The van der Waals surface area contributed by atoms with Crippen LogP contribution in [0.5, 0.6) is 0 Å². The summed E-state index contributed by atoms with van der Waals surface area (Å²) < 4.78 is 39.5. The van der Waals surface area contributed by atoms with E-state index in [2.05, 4.69) is 10.6 Å². The molecule has 0 fully saturated rings. The van der Waals surface area contributed by atoms with Gasteiger partial charge in [0.1, 0.15) is 0 Å². The molecule has 1 amide bonds. The minimum atomic E-state index is -4.59. The first-order chi connectivity index (χ1) is 15.6. The second-order valence-electron chi connectivity index (χ2n) is 7.97. The minimum Gasteiger partial charge on any atom is -0.362 e. The Hall–Kier alpha value is -2.77. The first-order valence-electron chi connectivity index (χ1n) is 10.2. The van der Waals surface area contributed by atoms with Crippen LogP contribution in [0.4, 0.5) is 18.9 Å². The maximum atomic E-state index is 13.4. The first-order valence-corrected chi connectivity index (χ1v) is 11.0. The Kier molecular flexibility index (Phi) is 6.29. The number of ketones is 1. The van der Waals surface area contributed by atoms with Crippen molar-refractivity contribution in [2.24, 2.45) is 0 Å².